The highest BCUT2D eigenvalue weighted by Crippen LogP contribution is 2.34. The molecule has 0 aliphatic carbocycles. The maximum absolute atomic E-state index is 5.29. The van der Waals surface area contributed by atoms with Crippen LogP contribution in [-0.4, -0.2) is 4.98 Å². The summed E-state index contributed by atoms with van der Waals surface area (Å²) in [6.45, 7) is 0. The van der Waals surface area contributed by atoms with E-state index in [0.29, 0.717) is 0 Å². The summed E-state index contributed by atoms with van der Waals surface area (Å²) in [6.07, 6.45) is 5.31. The molecule has 0 saturated heterocycles. The van der Waals surface area contributed by atoms with Gasteiger partial charge in [-0.15, -0.1) is 11.3 Å². The molecule has 0 atom stereocenters. The Labute approximate surface area is 97.2 Å². The van der Waals surface area contributed by atoms with Gasteiger partial charge in [0.05, 0.1) is 12.0 Å². The van der Waals surface area contributed by atoms with Gasteiger partial charge in [0.1, 0.15) is 6.26 Å². The highest BCUT2D eigenvalue weighted by Gasteiger charge is 2.11. The van der Waals surface area contributed by atoms with Gasteiger partial charge in [-0.25, -0.2) is 0 Å². The van der Waals surface area contributed by atoms with Gasteiger partial charge in [0.15, 0.2) is 0 Å². The highest BCUT2D eigenvalue weighted by molar-refractivity contribution is 7.13. The first-order valence-corrected chi connectivity index (χ1v) is 5.84. The van der Waals surface area contributed by atoms with Crippen LogP contribution in [0, 0.1) is 0 Å². The van der Waals surface area contributed by atoms with Crippen LogP contribution < -0.4 is 0 Å². The Bertz CT molecular complexity index is 569. The standard InChI is InChI=1S/C13H9NOS/c1-2-6-14-12(4-1)10-8-15-9-11(10)13-5-3-7-16-13/h1-9H. The molecule has 3 rings (SSSR count). The van der Waals surface area contributed by atoms with Crippen molar-refractivity contribution in [2.24, 2.45) is 0 Å². The minimum absolute atomic E-state index is 0.944. The summed E-state index contributed by atoms with van der Waals surface area (Å²) in [7, 11) is 0. The molecule has 0 saturated carbocycles. The smallest absolute Gasteiger partial charge is 0.100 e. The van der Waals surface area contributed by atoms with Crippen molar-refractivity contribution in [3.05, 3.63) is 54.4 Å². The summed E-state index contributed by atoms with van der Waals surface area (Å²) >= 11 is 1.70. The Morgan fingerprint density at radius 3 is 2.69 bits per heavy atom. The first-order valence-electron chi connectivity index (χ1n) is 4.96. The fourth-order valence-corrected chi connectivity index (χ4v) is 2.39. The van der Waals surface area contributed by atoms with Crippen LogP contribution in [0.5, 0.6) is 0 Å². The predicted octanol–water partition coefficient (Wildman–Crippen LogP) is 4.07. The number of pyridine rings is 1. The molecule has 0 radical (unpaired) electrons. The monoisotopic (exact) mass is 227 g/mol. The summed E-state index contributed by atoms with van der Waals surface area (Å²) in [5, 5.41) is 2.06. The third-order valence-electron chi connectivity index (χ3n) is 2.39. The predicted molar refractivity (Wildman–Crippen MR) is 65.3 cm³/mol. The van der Waals surface area contributed by atoms with Crippen molar-refractivity contribution in [2.75, 3.05) is 0 Å². The SMILES string of the molecule is c1ccc(-c2cocc2-c2cccs2)nc1. The van der Waals surface area contributed by atoms with E-state index in [1.54, 1.807) is 30.1 Å². The topological polar surface area (TPSA) is 26.0 Å². The van der Waals surface area contributed by atoms with Gasteiger partial charge < -0.3 is 4.42 Å². The molecular weight excluding hydrogens is 218 g/mol. The fraction of sp³-hybridized carbons (Fsp3) is 0. The molecule has 3 heterocycles. The van der Waals surface area contributed by atoms with Gasteiger partial charge in [-0.2, -0.15) is 0 Å². The zero-order valence-corrected chi connectivity index (χ0v) is 9.28. The molecule has 0 aromatic carbocycles. The second kappa shape index (κ2) is 3.94. The van der Waals surface area contributed by atoms with E-state index in [1.807, 2.05) is 24.3 Å². The number of nitrogens with zero attached hydrogens (tertiary/aromatic N) is 1. The van der Waals surface area contributed by atoms with Gasteiger partial charge in [0, 0.05) is 22.2 Å². The maximum Gasteiger partial charge on any atom is 0.100 e. The first kappa shape index (κ1) is 9.36. The van der Waals surface area contributed by atoms with Crippen LogP contribution in [0.15, 0.2) is 58.9 Å². The lowest BCUT2D eigenvalue weighted by Crippen LogP contribution is -1.80. The van der Waals surface area contributed by atoms with E-state index in [9.17, 15) is 0 Å². The lowest BCUT2D eigenvalue weighted by atomic mass is 10.1. The zero-order valence-electron chi connectivity index (χ0n) is 8.46. The summed E-state index contributed by atoms with van der Waals surface area (Å²) in [5.74, 6) is 0. The summed E-state index contributed by atoms with van der Waals surface area (Å²) in [6, 6.07) is 10.0. The number of aromatic nitrogens is 1. The van der Waals surface area contributed by atoms with E-state index in [2.05, 4.69) is 16.4 Å². The normalized spacial score (nSPS) is 10.5. The first-order chi connectivity index (χ1) is 7.95. The zero-order chi connectivity index (χ0) is 10.8. The summed E-state index contributed by atoms with van der Waals surface area (Å²) in [4.78, 5) is 5.54. The molecule has 0 aliphatic heterocycles. The van der Waals surface area contributed by atoms with Gasteiger partial charge in [-0.3, -0.25) is 4.98 Å². The van der Waals surface area contributed by atoms with E-state index in [4.69, 9.17) is 4.42 Å². The quantitative estimate of drug-likeness (QED) is 0.659. The summed E-state index contributed by atoms with van der Waals surface area (Å²) in [5.41, 5.74) is 3.09. The number of thiophene rings is 1. The lowest BCUT2D eigenvalue weighted by Gasteiger charge is -1.98. The molecular formula is C13H9NOS. The van der Waals surface area contributed by atoms with Gasteiger partial charge in [-0.05, 0) is 23.6 Å². The fourth-order valence-electron chi connectivity index (χ4n) is 1.64. The van der Waals surface area contributed by atoms with E-state index < -0.39 is 0 Å². The molecule has 0 unspecified atom stereocenters. The second-order valence-corrected chi connectivity index (χ2v) is 4.34. The van der Waals surface area contributed by atoms with Crippen molar-refractivity contribution in [2.45, 2.75) is 0 Å². The molecule has 0 aliphatic rings. The van der Waals surface area contributed by atoms with Crippen molar-refractivity contribution in [1.82, 2.24) is 4.98 Å². The van der Waals surface area contributed by atoms with Crippen LogP contribution in [0.2, 0.25) is 0 Å². The third-order valence-corrected chi connectivity index (χ3v) is 3.29. The highest BCUT2D eigenvalue weighted by atomic mass is 32.1. The number of rotatable bonds is 2. The Kier molecular flexibility index (Phi) is 2.31. The van der Waals surface area contributed by atoms with Crippen molar-refractivity contribution in [1.29, 1.82) is 0 Å². The van der Waals surface area contributed by atoms with Gasteiger partial charge in [-0.1, -0.05) is 12.1 Å². The van der Waals surface area contributed by atoms with Gasteiger partial charge in [0.25, 0.3) is 0 Å². The summed E-state index contributed by atoms with van der Waals surface area (Å²) < 4.78 is 5.29. The van der Waals surface area contributed by atoms with Crippen molar-refractivity contribution in [3.8, 4) is 21.7 Å². The molecule has 16 heavy (non-hydrogen) atoms. The minimum Gasteiger partial charge on any atom is -0.471 e. The number of hydrogen-bond acceptors (Lipinski definition) is 3. The maximum atomic E-state index is 5.29. The van der Waals surface area contributed by atoms with Crippen LogP contribution in [0.25, 0.3) is 21.7 Å². The Hall–Kier alpha value is -1.87. The molecule has 0 bridgehead atoms. The number of furan rings is 1. The Morgan fingerprint density at radius 1 is 1.00 bits per heavy atom. The lowest BCUT2D eigenvalue weighted by molar-refractivity contribution is 0.569. The molecule has 0 amide bonds. The molecule has 78 valence electrons. The average Bonchev–Trinajstić information content (AvgIpc) is 3.01. The Balaban J connectivity index is 2.14. The molecule has 0 N–H and O–H groups in total. The molecule has 3 heteroatoms. The van der Waals surface area contributed by atoms with E-state index in [1.165, 1.54) is 4.88 Å². The van der Waals surface area contributed by atoms with Crippen LogP contribution in [0.4, 0.5) is 0 Å². The second-order valence-electron chi connectivity index (χ2n) is 3.39. The van der Waals surface area contributed by atoms with Crippen LogP contribution in [-0.2, 0) is 0 Å². The van der Waals surface area contributed by atoms with E-state index >= 15 is 0 Å². The minimum atomic E-state index is 0.944. The molecule has 0 spiro atoms. The molecule has 3 aromatic rings. The van der Waals surface area contributed by atoms with Crippen LogP contribution in [0.1, 0.15) is 0 Å². The van der Waals surface area contributed by atoms with Gasteiger partial charge in [0.2, 0.25) is 0 Å². The third kappa shape index (κ3) is 1.55. The van der Waals surface area contributed by atoms with Crippen molar-refractivity contribution >= 4 is 11.3 Å². The largest absolute Gasteiger partial charge is 0.471 e. The molecule has 3 aromatic heterocycles. The molecule has 2 nitrogen and oxygen atoms in total. The molecule has 0 fully saturated rings. The van der Waals surface area contributed by atoms with E-state index in [0.717, 1.165) is 16.8 Å². The van der Waals surface area contributed by atoms with Gasteiger partial charge >= 0.3 is 0 Å². The van der Waals surface area contributed by atoms with Crippen molar-refractivity contribution < 1.29 is 4.42 Å². The van der Waals surface area contributed by atoms with Crippen LogP contribution >= 0.6 is 11.3 Å². The average molecular weight is 227 g/mol. The van der Waals surface area contributed by atoms with Crippen molar-refractivity contribution in [3.63, 3.8) is 0 Å². The Morgan fingerprint density at radius 2 is 1.94 bits per heavy atom. The van der Waals surface area contributed by atoms with E-state index in [-0.39, 0.29) is 0 Å². The number of hydrogen-bond donors (Lipinski definition) is 0. The van der Waals surface area contributed by atoms with Crippen LogP contribution in [0.3, 0.4) is 0 Å².